The molecule has 0 heterocycles. The second kappa shape index (κ2) is 8.33. The first kappa shape index (κ1) is 18.5. The second-order valence-electron chi connectivity index (χ2n) is 6.37. The number of hydrogen-bond donors (Lipinski definition) is 2. The summed E-state index contributed by atoms with van der Waals surface area (Å²) in [6.07, 6.45) is 0.0865. The third-order valence-electron chi connectivity index (χ3n) is 3.40. The molecule has 2 N–H and O–H groups in total. The van der Waals surface area contributed by atoms with Crippen LogP contribution in [0.15, 0.2) is 48.5 Å². The number of benzene rings is 2. The van der Waals surface area contributed by atoms with Gasteiger partial charge in [0.05, 0.1) is 6.10 Å². The number of amides is 2. The van der Waals surface area contributed by atoms with E-state index in [0.29, 0.717) is 16.9 Å². The first-order chi connectivity index (χ1) is 11.8. The smallest absolute Gasteiger partial charge is 0.255 e. The van der Waals surface area contributed by atoms with E-state index in [2.05, 4.69) is 10.6 Å². The Kier molecular flexibility index (Phi) is 6.17. The van der Waals surface area contributed by atoms with E-state index in [4.69, 9.17) is 4.74 Å². The Morgan fingerprint density at radius 1 is 0.880 bits per heavy atom. The van der Waals surface area contributed by atoms with Gasteiger partial charge in [-0.15, -0.1) is 0 Å². The maximum atomic E-state index is 12.4. The Hall–Kier alpha value is -2.82. The van der Waals surface area contributed by atoms with Crippen LogP contribution < -0.4 is 15.4 Å². The quantitative estimate of drug-likeness (QED) is 0.823. The molecule has 0 aromatic heterocycles. The Morgan fingerprint density at radius 3 is 2.04 bits per heavy atom. The molecule has 2 rings (SSSR count). The molecular formula is C20H24N2O3. The average Bonchev–Trinajstić information content (AvgIpc) is 2.55. The molecular weight excluding hydrogens is 316 g/mol. The highest BCUT2D eigenvalue weighted by atomic mass is 16.5. The van der Waals surface area contributed by atoms with Gasteiger partial charge in [-0.3, -0.25) is 9.59 Å². The average molecular weight is 340 g/mol. The summed E-state index contributed by atoms with van der Waals surface area (Å²) in [4.78, 5) is 24.1. The zero-order valence-electron chi connectivity index (χ0n) is 15.0. The van der Waals surface area contributed by atoms with E-state index in [1.165, 1.54) is 0 Å². The molecule has 0 spiro atoms. The molecule has 132 valence electrons. The summed E-state index contributed by atoms with van der Waals surface area (Å²) in [5.74, 6) is 0.336. The monoisotopic (exact) mass is 340 g/mol. The lowest BCUT2D eigenvalue weighted by atomic mass is 10.2. The largest absolute Gasteiger partial charge is 0.491 e. The van der Waals surface area contributed by atoms with Crippen LogP contribution in [0.2, 0.25) is 0 Å². The summed E-state index contributed by atoms with van der Waals surface area (Å²) in [5.41, 5.74) is 1.80. The fraction of sp³-hybridized carbons (Fsp3) is 0.300. The molecule has 0 bridgehead atoms. The molecule has 0 radical (unpaired) electrons. The molecule has 0 aliphatic rings. The fourth-order valence-electron chi connectivity index (χ4n) is 2.12. The molecule has 0 saturated carbocycles. The predicted molar refractivity (Wildman–Crippen MR) is 100 cm³/mol. The van der Waals surface area contributed by atoms with E-state index in [1.807, 2.05) is 27.7 Å². The van der Waals surface area contributed by atoms with Crippen molar-refractivity contribution in [3.63, 3.8) is 0 Å². The Morgan fingerprint density at radius 2 is 1.48 bits per heavy atom. The van der Waals surface area contributed by atoms with Crippen LogP contribution >= 0.6 is 0 Å². The van der Waals surface area contributed by atoms with Crippen molar-refractivity contribution in [1.82, 2.24) is 0 Å². The molecule has 2 aromatic carbocycles. The van der Waals surface area contributed by atoms with Gasteiger partial charge in [0.15, 0.2) is 0 Å². The van der Waals surface area contributed by atoms with Crippen LogP contribution in [0.3, 0.4) is 0 Å². The van der Waals surface area contributed by atoms with Crippen molar-refractivity contribution in [1.29, 1.82) is 0 Å². The van der Waals surface area contributed by atoms with Crippen molar-refractivity contribution in [2.45, 2.75) is 33.8 Å². The summed E-state index contributed by atoms with van der Waals surface area (Å²) < 4.78 is 5.57. The molecule has 2 amide bonds. The van der Waals surface area contributed by atoms with Crippen molar-refractivity contribution in [2.24, 2.45) is 5.92 Å². The van der Waals surface area contributed by atoms with Crippen LogP contribution in [0.1, 0.15) is 38.1 Å². The SMILES string of the molecule is CC(C)Oc1ccc(C(=O)Nc2cccc(NC(=O)C(C)C)c2)cc1. The molecule has 0 fully saturated rings. The van der Waals surface area contributed by atoms with Crippen molar-refractivity contribution in [3.8, 4) is 5.75 Å². The number of carbonyl (C=O) groups is 2. The summed E-state index contributed by atoms with van der Waals surface area (Å²) in [7, 11) is 0. The molecule has 25 heavy (non-hydrogen) atoms. The zero-order chi connectivity index (χ0) is 18.4. The first-order valence-corrected chi connectivity index (χ1v) is 8.34. The van der Waals surface area contributed by atoms with E-state index in [9.17, 15) is 9.59 Å². The normalized spacial score (nSPS) is 10.6. The minimum Gasteiger partial charge on any atom is -0.491 e. The van der Waals surface area contributed by atoms with Gasteiger partial charge in [0.25, 0.3) is 5.91 Å². The first-order valence-electron chi connectivity index (χ1n) is 8.34. The van der Waals surface area contributed by atoms with E-state index < -0.39 is 0 Å². The summed E-state index contributed by atoms with van der Waals surface area (Å²) in [6, 6.07) is 14.1. The van der Waals surface area contributed by atoms with Gasteiger partial charge in [0.1, 0.15) is 5.75 Å². The van der Waals surface area contributed by atoms with Gasteiger partial charge in [0, 0.05) is 22.9 Å². The highest BCUT2D eigenvalue weighted by Gasteiger charge is 2.09. The minimum atomic E-state index is -0.219. The van der Waals surface area contributed by atoms with Crippen molar-refractivity contribution < 1.29 is 14.3 Å². The van der Waals surface area contributed by atoms with Crippen molar-refractivity contribution >= 4 is 23.2 Å². The Balaban J connectivity index is 2.04. The van der Waals surface area contributed by atoms with E-state index in [1.54, 1.807) is 48.5 Å². The molecule has 2 aromatic rings. The fourth-order valence-corrected chi connectivity index (χ4v) is 2.12. The second-order valence-corrected chi connectivity index (χ2v) is 6.37. The summed E-state index contributed by atoms with van der Waals surface area (Å²) >= 11 is 0. The van der Waals surface area contributed by atoms with Gasteiger partial charge in [-0.1, -0.05) is 19.9 Å². The predicted octanol–water partition coefficient (Wildman–Crippen LogP) is 4.32. The maximum absolute atomic E-state index is 12.4. The molecule has 0 atom stereocenters. The van der Waals surface area contributed by atoms with E-state index in [-0.39, 0.29) is 23.8 Å². The molecule has 0 aliphatic carbocycles. The van der Waals surface area contributed by atoms with Crippen LogP contribution in [0.25, 0.3) is 0 Å². The Labute approximate surface area is 148 Å². The number of ether oxygens (including phenoxy) is 1. The van der Waals surface area contributed by atoms with Gasteiger partial charge >= 0.3 is 0 Å². The number of carbonyl (C=O) groups excluding carboxylic acids is 2. The van der Waals surface area contributed by atoms with Gasteiger partial charge < -0.3 is 15.4 Å². The number of anilines is 2. The number of hydrogen-bond acceptors (Lipinski definition) is 3. The lowest BCUT2D eigenvalue weighted by Crippen LogP contribution is -2.18. The lowest BCUT2D eigenvalue weighted by molar-refractivity contribution is -0.118. The molecule has 0 aliphatic heterocycles. The number of rotatable bonds is 6. The summed E-state index contributed by atoms with van der Waals surface area (Å²) in [5, 5.41) is 5.64. The van der Waals surface area contributed by atoms with Crippen molar-refractivity contribution in [3.05, 3.63) is 54.1 Å². The highest BCUT2D eigenvalue weighted by molar-refractivity contribution is 6.04. The molecule has 5 nitrogen and oxygen atoms in total. The third kappa shape index (κ3) is 5.64. The van der Waals surface area contributed by atoms with Gasteiger partial charge in [0.2, 0.25) is 5.91 Å². The third-order valence-corrected chi connectivity index (χ3v) is 3.40. The molecule has 5 heteroatoms. The topological polar surface area (TPSA) is 67.4 Å². The lowest BCUT2D eigenvalue weighted by Gasteiger charge is -2.11. The number of nitrogens with one attached hydrogen (secondary N) is 2. The van der Waals surface area contributed by atoms with E-state index >= 15 is 0 Å². The minimum absolute atomic E-state index is 0.0655. The maximum Gasteiger partial charge on any atom is 0.255 e. The zero-order valence-corrected chi connectivity index (χ0v) is 15.0. The van der Waals surface area contributed by atoms with Gasteiger partial charge in [-0.2, -0.15) is 0 Å². The van der Waals surface area contributed by atoms with Crippen LogP contribution in [0.5, 0.6) is 5.75 Å². The summed E-state index contributed by atoms with van der Waals surface area (Å²) in [6.45, 7) is 7.55. The highest BCUT2D eigenvalue weighted by Crippen LogP contribution is 2.18. The van der Waals surface area contributed by atoms with Crippen LogP contribution in [0, 0.1) is 5.92 Å². The van der Waals surface area contributed by atoms with Crippen LogP contribution in [0.4, 0.5) is 11.4 Å². The Bertz CT molecular complexity index is 737. The van der Waals surface area contributed by atoms with Crippen LogP contribution in [-0.4, -0.2) is 17.9 Å². The molecule has 0 unspecified atom stereocenters. The van der Waals surface area contributed by atoms with Gasteiger partial charge in [-0.05, 0) is 56.3 Å². The van der Waals surface area contributed by atoms with Gasteiger partial charge in [-0.25, -0.2) is 0 Å². The van der Waals surface area contributed by atoms with Crippen LogP contribution in [-0.2, 0) is 4.79 Å². The molecule has 0 saturated heterocycles. The van der Waals surface area contributed by atoms with E-state index in [0.717, 1.165) is 5.75 Å². The van der Waals surface area contributed by atoms with Crippen molar-refractivity contribution in [2.75, 3.05) is 10.6 Å². The standard InChI is InChI=1S/C20H24N2O3/c1-13(2)19(23)21-16-6-5-7-17(12-16)22-20(24)15-8-10-18(11-9-15)25-14(3)4/h5-14H,1-4H3,(H,21,23)(H,22,24).